The number of pyridine rings is 1. The standard InChI is InChI=1S/C19H19F4NO/c1-18(2)8-15-14(16(25)9-18)7-12(10-24-15)17(20)11-3-5-13(6-4-11)19(21,22)23/h3-7,10,16-17,25H,8-9H2,1-2H3. The molecule has 0 fully saturated rings. The fourth-order valence-corrected chi connectivity index (χ4v) is 3.29. The lowest BCUT2D eigenvalue weighted by Crippen LogP contribution is -2.26. The summed E-state index contributed by atoms with van der Waals surface area (Å²) in [7, 11) is 0. The van der Waals surface area contributed by atoms with Crippen LogP contribution in [-0.4, -0.2) is 10.1 Å². The van der Waals surface area contributed by atoms with E-state index in [1.165, 1.54) is 6.20 Å². The SMILES string of the molecule is CC1(C)Cc2ncc(C(F)c3ccc(C(F)(F)F)cc3)cc2C(O)C1. The summed E-state index contributed by atoms with van der Waals surface area (Å²) in [6.07, 6.45) is -4.11. The van der Waals surface area contributed by atoms with Gasteiger partial charge < -0.3 is 5.11 Å². The van der Waals surface area contributed by atoms with E-state index in [0.29, 0.717) is 18.4 Å². The van der Waals surface area contributed by atoms with Crippen molar-refractivity contribution in [3.05, 3.63) is 64.5 Å². The number of halogens is 4. The van der Waals surface area contributed by atoms with Gasteiger partial charge >= 0.3 is 6.18 Å². The topological polar surface area (TPSA) is 33.1 Å². The van der Waals surface area contributed by atoms with E-state index in [1.807, 2.05) is 13.8 Å². The maximum atomic E-state index is 14.7. The minimum atomic E-state index is -4.45. The predicted octanol–water partition coefficient (Wildman–Crippen LogP) is 5.17. The van der Waals surface area contributed by atoms with Crippen molar-refractivity contribution in [2.45, 2.75) is 45.1 Å². The smallest absolute Gasteiger partial charge is 0.388 e. The molecule has 0 bridgehead atoms. The van der Waals surface area contributed by atoms with Crippen molar-refractivity contribution in [1.82, 2.24) is 4.98 Å². The molecular weight excluding hydrogens is 334 g/mol. The maximum absolute atomic E-state index is 14.7. The largest absolute Gasteiger partial charge is 0.416 e. The third kappa shape index (κ3) is 3.68. The third-order valence-electron chi connectivity index (χ3n) is 4.60. The van der Waals surface area contributed by atoms with E-state index in [9.17, 15) is 22.7 Å². The summed E-state index contributed by atoms with van der Waals surface area (Å²) in [6, 6.07) is 5.57. The second kappa shape index (κ2) is 6.09. The molecule has 0 aliphatic heterocycles. The lowest BCUT2D eigenvalue weighted by atomic mass is 9.74. The van der Waals surface area contributed by atoms with Crippen molar-refractivity contribution in [2.75, 3.05) is 0 Å². The van der Waals surface area contributed by atoms with E-state index in [-0.39, 0.29) is 16.5 Å². The number of benzene rings is 1. The zero-order chi connectivity index (χ0) is 18.4. The van der Waals surface area contributed by atoms with Crippen molar-refractivity contribution < 1.29 is 22.7 Å². The van der Waals surface area contributed by atoms with Crippen molar-refractivity contribution in [3.8, 4) is 0 Å². The van der Waals surface area contributed by atoms with Crippen LogP contribution >= 0.6 is 0 Å². The molecule has 0 saturated carbocycles. The van der Waals surface area contributed by atoms with E-state index in [1.54, 1.807) is 6.07 Å². The Bertz CT molecular complexity index is 768. The summed E-state index contributed by atoms with van der Waals surface area (Å²) >= 11 is 0. The Hall–Kier alpha value is -1.95. The molecule has 2 aromatic rings. The summed E-state index contributed by atoms with van der Waals surface area (Å²) in [5, 5.41) is 10.3. The Morgan fingerprint density at radius 1 is 1.16 bits per heavy atom. The van der Waals surface area contributed by atoms with E-state index in [4.69, 9.17) is 0 Å². The van der Waals surface area contributed by atoms with Crippen LogP contribution in [-0.2, 0) is 12.6 Å². The first-order chi connectivity index (χ1) is 11.6. The third-order valence-corrected chi connectivity index (χ3v) is 4.60. The van der Waals surface area contributed by atoms with Gasteiger partial charge in [0.15, 0.2) is 6.17 Å². The second-order valence-electron chi connectivity index (χ2n) is 7.35. The van der Waals surface area contributed by atoms with Crippen LogP contribution in [0.25, 0.3) is 0 Å². The molecule has 0 spiro atoms. The van der Waals surface area contributed by atoms with Crippen molar-refractivity contribution in [1.29, 1.82) is 0 Å². The minimum Gasteiger partial charge on any atom is -0.388 e. The molecular formula is C19H19F4NO. The van der Waals surface area contributed by atoms with Gasteiger partial charge in [-0.2, -0.15) is 13.2 Å². The highest BCUT2D eigenvalue weighted by molar-refractivity contribution is 5.37. The quantitative estimate of drug-likeness (QED) is 0.756. The molecule has 6 heteroatoms. The van der Waals surface area contributed by atoms with E-state index < -0.39 is 24.0 Å². The van der Waals surface area contributed by atoms with E-state index in [2.05, 4.69) is 4.98 Å². The Morgan fingerprint density at radius 2 is 1.80 bits per heavy atom. The van der Waals surface area contributed by atoms with Gasteiger partial charge in [-0.05, 0) is 42.0 Å². The number of alkyl halides is 4. The Kier molecular flexibility index (Phi) is 4.35. The summed E-state index contributed by atoms with van der Waals surface area (Å²) in [6.45, 7) is 4.07. The number of fused-ring (bicyclic) bond motifs is 1. The highest BCUT2D eigenvalue weighted by Crippen LogP contribution is 2.41. The summed E-state index contributed by atoms with van der Waals surface area (Å²) in [4.78, 5) is 4.29. The number of aliphatic hydroxyl groups is 1. The molecule has 0 saturated heterocycles. The normalized spacial score (nSPS) is 20.8. The van der Waals surface area contributed by atoms with Gasteiger partial charge in [0.1, 0.15) is 0 Å². The first-order valence-corrected chi connectivity index (χ1v) is 8.05. The monoisotopic (exact) mass is 353 g/mol. The molecule has 25 heavy (non-hydrogen) atoms. The van der Waals surface area contributed by atoms with Gasteiger partial charge in [-0.3, -0.25) is 4.98 Å². The number of hydrogen-bond donors (Lipinski definition) is 1. The fraction of sp³-hybridized carbons (Fsp3) is 0.421. The molecule has 1 aliphatic carbocycles. The van der Waals surface area contributed by atoms with Gasteiger partial charge in [0, 0.05) is 23.0 Å². The first kappa shape index (κ1) is 17.9. The molecule has 0 radical (unpaired) electrons. The van der Waals surface area contributed by atoms with Crippen molar-refractivity contribution in [3.63, 3.8) is 0 Å². The summed E-state index contributed by atoms with van der Waals surface area (Å²) in [5.74, 6) is 0. The molecule has 134 valence electrons. The molecule has 1 N–H and O–H groups in total. The average molecular weight is 353 g/mol. The molecule has 2 unspecified atom stereocenters. The molecule has 2 atom stereocenters. The van der Waals surface area contributed by atoms with Gasteiger partial charge in [-0.25, -0.2) is 4.39 Å². The summed E-state index contributed by atoms with van der Waals surface area (Å²) in [5.41, 5.74) is 0.810. The Morgan fingerprint density at radius 3 is 2.40 bits per heavy atom. The van der Waals surface area contributed by atoms with Crippen molar-refractivity contribution >= 4 is 0 Å². The highest BCUT2D eigenvalue weighted by atomic mass is 19.4. The Balaban J connectivity index is 1.89. The molecule has 1 aromatic carbocycles. The lowest BCUT2D eigenvalue weighted by Gasteiger charge is -2.34. The van der Waals surface area contributed by atoms with Crippen LogP contribution in [0.1, 0.15) is 60.5 Å². The predicted molar refractivity (Wildman–Crippen MR) is 85.7 cm³/mol. The van der Waals surface area contributed by atoms with Crippen LogP contribution in [0, 0.1) is 5.41 Å². The van der Waals surface area contributed by atoms with E-state index >= 15 is 0 Å². The van der Waals surface area contributed by atoms with Gasteiger partial charge in [-0.15, -0.1) is 0 Å². The number of nitrogens with zero attached hydrogens (tertiary/aromatic N) is 1. The number of hydrogen-bond acceptors (Lipinski definition) is 2. The zero-order valence-corrected chi connectivity index (χ0v) is 13.9. The van der Waals surface area contributed by atoms with Gasteiger partial charge in [0.2, 0.25) is 0 Å². The van der Waals surface area contributed by atoms with Crippen LogP contribution in [0.2, 0.25) is 0 Å². The summed E-state index contributed by atoms with van der Waals surface area (Å²) < 4.78 is 52.6. The number of aliphatic hydroxyl groups excluding tert-OH is 1. The highest BCUT2D eigenvalue weighted by Gasteiger charge is 2.33. The van der Waals surface area contributed by atoms with Crippen LogP contribution in [0.4, 0.5) is 17.6 Å². The van der Waals surface area contributed by atoms with Crippen LogP contribution < -0.4 is 0 Å². The Labute approximate surface area is 143 Å². The van der Waals surface area contributed by atoms with Crippen LogP contribution in [0.5, 0.6) is 0 Å². The van der Waals surface area contributed by atoms with Crippen LogP contribution in [0.3, 0.4) is 0 Å². The maximum Gasteiger partial charge on any atom is 0.416 e. The van der Waals surface area contributed by atoms with Gasteiger partial charge in [0.25, 0.3) is 0 Å². The first-order valence-electron chi connectivity index (χ1n) is 8.05. The molecule has 3 rings (SSSR count). The molecule has 1 aliphatic rings. The molecule has 2 nitrogen and oxygen atoms in total. The minimum absolute atomic E-state index is 0.0799. The fourth-order valence-electron chi connectivity index (χ4n) is 3.29. The number of aromatic nitrogens is 1. The van der Waals surface area contributed by atoms with E-state index in [0.717, 1.165) is 30.0 Å². The van der Waals surface area contributed by atoms with Gasteiger partial charge in [-0.1, -0.05) is 26.0 Å². The second-order valence-corrected chi connectivity index (χ2v) is 7.35. The zero-order valence-electron chi connectivity index (χ0n) is 13.9. The van der Waals surface area contributed by atoms with Crippen LogP contribution in [0.15, 0.2) is 36.5 Å². The van der Waals surface area contributed by atoms with Crippen molar-refractivity contribution in [2.24, 2.45) is 5.41 Å². The number of rotatable bonds is 2. The lowest BCUT2D eigenvalue weighted by molar-refractivity contribution is -0.137. The molecule has 1 aromatic heterocycles. The molecule has 1 heterocycles. The average Bonchev–Trinajstić information content (AvgIpc) is 2.52. The van der Waals surface area contributed by atoms with Gasteiger partial charge in [0.05, 0.1) is 11.7 Å². The molecule has 0 amide bonds.